The number of amides is 2. The van der Waals surface area contributed by atoms with Crippen molar-refractivity contribution < 1.29 is 19.2 Å². The van der Waals surface area contributed by atoms with Crippen molar-refractivity contribution in [2.75, 3.05) is 6.54 Å². The van der Waals surface area contributed by atoms with Crippen LogP contribution in [0.15, 0.2) is 0 Å². The third-order valence-corrected chi connectivity index (χ3v) is 6.36. The Hall–Kier alpha value is -1.76. The van der Waals surface area contributed by atoms with Crippen LogP contribution in [0.25, 0.3) is 0 Å². The van der Waals surface area contributed by atoms with Crippen molar-refractivity contribution in [2.45, 2.75) is 96.4 Å². The monoisotopic (exact) mass is 391 g/mol. The first-order chi connectivity index (χ1) is 13.3. The maximum atomic E-state index is 13.3. The van der Waals surface area contributed by atoms with Crippen LogP contribution in [0.2, 0.25) is 0 Å². The Morgan fingerprint density at radius 3 is 2.54 bits per heavy atom. The van der Waals surface area contributed by atoms with Gasteiger partial charge < -0.3 is 10.2 Å². The molecular formula is C21H33N3O4. The molecule has 5 atom stereocenters. The van der Waals surface area contributed by atoms with Crippen molar-refractivity contribution in [3.63, 3.8) is 0 Å². The Balaban J connectivity index is 1.96. The molecule has 0 unspecified atom stereocenters. The van der Waals surface area contributed by atoms with Gasteiger partial charge in [0.05, 0.1) is 24.2 Å². The lowest BCUT2D eigenvalue weighted by Gasteiger charge is -2.32. The van der Waals surface area contributed by atoms with Crippen LogP contribution in [0, 0.1) is 5.92 Å². The van der Waals surface area contributed by atoms with Gasteiger partial charge in [-0.15, -0.1) is 0 Å². The Labute approximate surface area is 167 Å². The normalized spacial score (nSPS) is 34.4. The number of rotatable bonds is 4. The van der Waals surface area contributed by atoms with Crippen LogP contribution < -0.4 is 5.32 Å². The number of hydrogen-bond donors (Lipinski definition) is 1. The Kier molecular flexibility index (Phi) is 6.22. The fourth-order valence-electron chi connectivity index (χ4n) is 5.09. The minimum Gasteiger partial charge on any atom is -0.344 e. The summed E-state index contributed by atoms with van der Waals surface area (Å²) in [6, 6.07) is -1.55. The van der Waals surface area contributed by atoms with Crippen LogP contribution in [0.3, 0.4) is 0 Å². The summed E-state index contributed by atoms with van der Waals surface area (Å²) in [6.07, 6.45) is 3.14. The Bertz CT molecular complexity index is 662. The highest BCUT2D eigenvalue weighted by molar-refractivity contribution is 5.94. The van der Waals surface area contributed by atoms with Gasteiger partial charge in [0.25, 0.3) is 0 Å². The van der Waals surface area contributed by atoms with Gasteiger partial charge in [-0.05, 0) is 45.1 Å². The van der Waals surface area contributed by atoms with E-state index in [1.807, 2.05) is 25.7 Å². The number of nitrogens with one attached hydrogen (secondary N) is 1. The highest BCUT2D eigenvalue weighted by Crippen LogP contribution is 2.40. The van der Waals surface area contributed by atoms with Crippen molar-refractivity contribution in [1.29, 1.82) is 0 Å². The van der Waals surface area contributed by atoms with E-state index in [0.29, 0.717) is 13.0 Å². The molecule has 1 N–H and O–H groups in total. The van der Waals surface area contributed by atoms with Gasteiger partial charge in [0.1, 0.15) is 17.6 Å². The predicted molar refractivity (Wildman–Crippen MR) is 105 cm³/mol. The molecule has 3 saturated heterocycles. The van der Waals surface area contributed by atoms with Crippen molar-refractivity contribution in [3.05, 3.63) is 0 Å². The summed E-state index contributed by atoms with van der Waals surface area (Å²) in [6.45, 7) is 8.31. The molecule has 0 aromatic heterocycles. The minimum absolute atomic E-state index is 0.00920. The van der Waals surface area contributed by atoms with Gasteiger partial charge in [0.15, 0.2) is 0 Å². The van der Waals surface area contributed by atoms with Gasteiger partial charge in [0.2, 0.25) is 11.8 Å². The average Bonchev–Trinajstić information content (AvgIpc) is 3.12. The molecule has 3 aliphatic heterocycles. The lowest BCUT2D eigenvalue weighted by atomic mass is 9.99. The Morgan fingerprint density at radius 1 is 1.21 bits per heavy atom. The third kappa shape index (κ3) is 4.00. The molecule has 156 valence electrons. The van der Waals surface area contributed by atoms with E-state index in [9.17, 15) is 19.2 Å². The first-order valence-corrected chi connectivity index (χ1v) is 10.7. The molecule has 3 fully saturated rings. The first kappa shape index (κ1) is 21.0. The van der Waals surface area contributed by atoms with Gasteiger partial charge in [-0.1, -0.05) is 20.8 Å². The number of nitrogens with zero attached hydrogens (tertiary/aromatic N) is 2. The van der Waals surface area contributed by atoms with Crippen LogP contribution in [0.5, 0.6) is 0 Å². The van der Waals surface area contributed by atoms with Crippen LogP contribution in [-0.4, -0.2) is 69.9 Å². The van der Waals surface area contributed by atoms with Crippen LogP contribution in [0.4, 0.5) is 0 Å². The number of ketones is 2. The molecule has 0 bridgehead atoms. The zero-order chi connectivity index (χ0) is 20.6. The standard InChI is InChI=1S/C21H33N3O4/c1-5-15-20-19(13(4)25)23-10-6-7-16(23)17(26)8-9-18(27)22-14(11-12(2)3)21(28)24(15)20/h12,14-16,19-20H,5-11H2,1-4H3,(H,22,27)/t14-,15+,16-,19-,20-,24?/m0/s1. The second-order valence-corrected chi connectivity index (χ2v) is 8.88. The van der Waals surface area contributed by atoms with Gasteiger partial charge in [-0.25, -0.2) is 0 Å². The van der Waals surface area contributed by atoms with Gasteiger partial charge in [-0.3, -0.25) is 24.1 Å². The lowest BCUT2D eigenvalue weighted by Crippen LogP contribution is -2.52. The van der Waals surface area contributed by atoms with Crippen molar-refractivity contribution in [2.24, 2.45) is 5.92 Å². The van der Waals surface area contributed by atoms with E-state index in [1.54, 1.807) is 11.8 Å². The third-order valence-electron chi connectivity index (χ3n) is 6.36. The zero-order valence-electron chi connectivity index (χ0n) is 17.4. The van der Waals surface area contributed by atoms with Crippen LogP contribution in [-0.2, 0) is 19.2 Å². The van der Waals surface area contributed by atoms with E-state index >= 15 is 0 Å². The highest BCUT2D eigenvalue weighted by Gasteiger charge is 2.59. The summed E-state index contributed by atoms with van der Waals surface area (Å²) >= 11 is 0. The van der Waals surface area contributed by atoms with E-state index in [-0.39, 0.29) is 60.3 Å². The number of carbonyl (C=O) groups is 4. The molecule has 28 heavy (non-hydrogen) atoms. The van der Waals surface area contributed by atoms with Crippen molar-refractivity contribution in [1.82, 2.24) is 15.1 Å². The maximum absolute atomic E-state index is 13.3. The number of carbonyl (C=O) groups excluding carboxylic acids is 4. The van der Waals surface area contributed by atoms with E-state index < -0.39 is 12.1 Å². The molecule has 0 aromatic carbocycles. The molecule has 0 radical (unpaired) electrons. The minimum atomic E-state index is -0.594. The molecule has 0 aromatic rings. The highest BCUT2D eigenvalue weighted by atomic mass is 16.2. The average molecular weight is 392 g/mol. The quantitative estimate of drug-likeness (QED) is 0.730. The molecule has 3 aliphatic rings. The number of Topliss-reactive ketones (excluding diaryl/α,β-unsaturated/α-hetero) is 2. The molecule has 0 spiro atoms. The summed E-state index contributed by atoms with van der Waals surface area (Å²) < 4.78 is 0. The van der Waals surface area contributed by atoms with Crippen LogP contribution >= 0.6 is 0 Å². The van der Waals surface area contributed by atoms with Crippen LogP contribution in [0.1, 0.15) is 66.2 Å². The second-order valence-electron chi connectivity index (χ2n) is 8.88. The zero-order valence-corrected chi connectivity index (χ0v) is 17.4. The largest absolute Gasteiger partial charge is 0.344 e. The summed E-state index contributed by atoms with van der Waals surface area (Å²) in [4.78, 5) is 54.9. The Morgan fingerprint density at radius 2 is 1.93 bits per heavy atom. The first-order valence-electron chi connectivity index (χ1n) is 10.7. The molecule has 2 amide bonds. The van der Waals surface area contributed by atoms with E-state index in [2.05, 4.69) is 5.32 Å². The molecule has 3 heterocycles. The topological polar surface area (TPSA) is 86.6 Å². The SMILES string of the molecule is CC[C@@H]1[C@H]2[C@H](C(C)=O)N3CCC[C@H]3C(=O)CCC(=O)N[C@@H](CC(C)C)C(=O)N21. The molecular weight excluding hydrogens is 358 g/mol. The van der Waals surface area contributed by atoms with Gasteiger partial charge in [0, 0.05) is 12.8 Å². The summed E-state index contributed by atoms with van der Waals surface area (Å²) in [5.74, 6) is -0.0416. The predicted octanol–water partition coefficient (Wildman–Crippen LogP) is 1.29. The second kappa shape index (κ2) is 8.31. The summed E-state index contributed by atoms with van der Waals surface area (Å²) in [5, 5.41) is 2.86. The van der Waals surface area contributed by atoms with Crippen molar-refractivity contribution in [3.8, 4) is 0 Å². The molecule has 3 rings (SSSR count). The molecule has 0 aliphatic carbocycles. The number of hydrogen-bond acceptors (Lipinski definition) is 5. The van der Waals surface area contributed by atoms with E-state index in [4.69, 9.17) is 0 Å². The van der Waals surface area contributed by atoms with Gasteiger partial charge >= 0.3 is 0 Å². The number of fused-ring (bicyclic) bond motifs is 2. The molecule has 7 nitrogen and oxygen atoms in total. The smallest absolute Gasteiger partial charge is 0.245 e. The fourth-order valence-corrected chi connectivity index (χ4v) is 5.09. The summed E-state index contributed by atoms with van der Waals surface area (Å²) in [5.41, 5.74) is 0. The molecule has 7 heteroatoms. The van der Waals surface area contributed by atoms with E-state index in [0.717, 1.165) is 19.3 Å². The van der Waals surface area contributed by atoms with Gasteiger partial charge in [-0.2, -0.15) is 0 Å². The molecule has 0 saturated carbocycles. The fraction of sp³-hybridized carbons (Fsp3) is 0.810. The van der Waals surface area contributed by atoms with E-state index in [1.165, 1.54) is 0 Å². The van der Waals surface area contributed by atoms with Crippen molar-refractivity contribution >= 4 is 23.4 Å². The lowest BCUT2D eigenvalue weighted by molar-refractivity contribution is -0.135. The maximum Gasteiger partial charge on any atom is 0.245 e. The summed E-state index contributed by atoms with van der Waals surface area (Å²) in [7, 11) is 0.